The minimum Gasteiger partial charge on any atom is -0.481 e. The second-order valence-corrected chi connectivity index (χ2v) is 4.42. The van der Waals surface area contributed by atoms with Crippen molar-refractivity contribution in [1.29, 1.82) is 0 Å². The number of ether oxygens (including phenoxy) is 5. The fourth-order valence-corrected chi connectivity index (χ4v) is 1.31. The first-order chi connectivity index (χ1) is 11.1. The van der Waals surface area contributed by atoms with Crippen molar-refractivity contribution >= 4 is 11.9 Å². The Morgan fingerprint density at radius 3 is 1.22 bits per heavy atom. The van der Waals surface area contributed by atoms with Gasteiger partial charge in [0.1, 0.15) is 0 Å². The summed E-state index contributed by atoms with van der Waals surface area (Å²) in [5, 5.41) is 8.39. The molecule has 0 heterocycles. The van der Waals surface area contributed by atoms with Crippen molar-refractivity contribution in [2.24, 2.45) is 5.73 Å². The summed E-state index contributed by atoms with van der Waals surface area (Å²) < 4.78 is 26.0. The predicted molar refractivity (Wildman–Crippen MR) is 80.2 cm³/mol. The standard InChI is InChI=1S/C14H27NO8/c15-13(16)1-3-19-5-7-21-9-11-23-12-10-22-8-6-20-4-2-14(17)18/h1-12H2,(H2,15,16)(H,17,18). The first kappa shape index (κ1) is 21.7. The molecular weight excluding hydrogens is 310 g/mol. The Balaban J connectivity index is 3.00. The first-order valence-corrected chi connectivity index (χ1v) is 7.51. The molecule has 0 aliphatic heterocycles. The van der Waals surface area contributed by atoms with Crippen LogP contribution >= 0.6 is 0 Å². The highest BCUT2D eigenvalue weighted by Crippen LogP contribution is 1.86. The molecule has 9 nitrogen and oxygen atoms in total. The number of carbonyl (C=O) groups excluding carboxylic acids is 1. The third kappa shape index (κ3) is 20.7. The van der Waals surface area contributed by atoms with Crippen LogP contribution in [0.4, 0.5) is 0 Å². The summed E-state index contributed by atoms with van der Waals surface area (Å²) in [6.45, 7) is 3.94. The Bertz CT molecular complexity index is 273. The van der Waals surface area contributed by atoms with E-state index in [9.17, 15) is 9.59 Å². The number of nitrogens with two attached hydrogens (primary N) is 1. The third-order valence-corrected chi connectivity index (χ3v) is 2.44. The van der Waals surface area contributed by atoms with E-state index < -0.39 is 5.97 Å². The molecule has 0 saturated carbocycles. The average molecular weight is 337 g/mol. The van der Waals surface area contributed by atoms with Gasteiger partial charge < -0.3 is 34.5 Å². The van der Waals surface area contributed by atoms with Crippen LogP contribution in [0.1, 0.15) is 12.8 Å². The monoisotopic (exact) mass is 337 g/mol. The largest absolute Gasteiger partial charge is 0.481 e. The van der Waals surface area contributed by atoms with Crippen molar-refractivity contribution in [2.75, 3.05) is 66.1 Å². The molecule has 0 saturated heterocycles. The highest BCUT2D eigenvalue weighted by molar-refractivity contribution is 5.73. The molecule has 0 aliphatic carbocycles. The third-order valence-electron chi connectivity index (χ3n) is 2.44. The molecule has 0 aromatic heterocycles. The van der Waals surface area contributed by atoms with Gasteiger partial charge in [-0.15, -0.1) is 0 Å². The summed E-state index contributed by atoms with van der Waals surface area (Å²) in [6, 6.07) is 0. The van der Waals surface area contributed by atoms with Gasteiger partial charge in [0.2, 0.25) is 5.91 Å². The zero-order chi connectivity index (χ0) is 17.2. The van der Waals surface area contributed by atoms with Gasteiger partial charge in [0.05, 0.1) is 72.5 Å². The molecule has 9 heteroatoms. The molecule has 0 unspecified atom stereocenters. The van der Waals surface area contributed by atoms with E-state index >= 15 is 0 Å². The lowest BCUT2D eigenvalue weighted by Crippen LogP contribution is -2.16. The summed E-state index contributed by atoms with van der Waals surface area (Å²) in [5.74, 6) is -1.26. The molecule has 0 aromatic rings. The fourth-order valence-electron chi connectivity index (χ4n) is 1.31. The number of rotatable bonds is 18. The van der Waals surface area contributed by atoms with Gasteiger partial charge in [-0.05, 0) is 0 Å². The number of aliphatic carboxylic acids is 1. The van der Waals surface area contributed by atoms with Crippen LogP contribution in [-0.2, 0) is 33.3 Å². The van der Waals surface area contributed by atoms with E-state index in [1.165, 1.54) is 0 Å². The highest BCUT2D eigenvalue weighted by atomic mass is 16.6. The predicted octanol–water partition coefficient (Wildman–Crippen LogP) is -0.580. The van der Waals surface area contributed by atoms with Crippen LogP contribution in [0.15, 0.2) is 0 Å². The van der Waals surface area contributed by atoms with Crippen molar-refractivity contribution in [3.8, 4) is 0 Å². The summed E-state index contributed by atoms with van der Waals surface area (Å²) >= 11 is 0. The average Bonchev–Trinajstić information content (AvgIpc) is 2.49. The minimum absolute atomic E-state index is 0.000700. The van der Waals surface area contributed by atoms with Crippen LogP contribution in [0.25, 0.3) is 0 Å². The highest BCUT2D eigenvalue weighted by Gasteiger charge is 1.97. The molecule has 0 spiro atoms. The molecule has 0 rings (SSSR count). The second kappa shape index (κ2) is 17.1. The lowest BCUT2D eigenvalue weighted by Gasteiger charge is -2.07. The molecular formula is C14H27NO8. The van der Waals surface area contributed by atoms with Crippen molar-refractivity contribution < 1.29 is 38.4 Å². The Labute approximate surface area is 136 Å². The van der Waals surface area contributed by atoms with Gasteiger partial charge in [-0.1, -0.05) is 0 Å². The molecule has 0 aliphatic rings. The normalized spacial score (nSPS) is 10.8. The van der Waals surface area contributed by atoms with Crippen LogP contribution in [0.5, 0.6) is 0 Å². The maximum Gasteiger partial charge on any atom is 0.305 e. The molecule has 3 N–H and O–H groups in total. The van der Waals surface area contributed by atoms with E-state index in [1.807, 2.05) is 0 Å². The summed E-state index contributed by atoms with van der Waals surface area (Å²) in [7, 11) is 0. The molecule has 23 heavy (non-hydrogen) atoms. The van der Waals surface area contributed by atoms with E-state index in [1.54, 1.807) is 0 Å². The number of hydrogen-bond donors (Lipinski definition) is 2. The van der Waals surface area contributed by atoms with E-state index in [-0.39, 0.29) is 25.4 Å². The Morgan fingerprint density at radius 2 is 0.913 bits per heavy atom. The number of hydrogen-bond acceptors (Lipinski definition) is 7. The zero-order valence-corrected chi connectivity index (χ0v) is 13.4. The molecule has 136 valence electrons. The molecule has 0 fully saturated rings. The minimum atomic E-state index is -0.876. The van der Waals surface area contributed by atoms with Crippen LogP contribution in [-0.4, -0.2) is 83.1 Å². The quantitative estimate of drug-likeness (QED) is 0.318. The maximum atomic E-state index is 10.4. The van der Waals surface area contributed by atoms with Crippen LogP contribution in [0.3, 0.4) is 0 Å². The fraction of sp³-hybridized carbons (Fsp3) is 0.857. The number of amides is 1. The molecule has 0 atom stereocenters. The van der Waals surface area contributed by atoms with E-state index in [2.05, 4.69) is 0 Å². The Kier molecular flexibility index (Phi) is 16.2. The number of carboxylic acids is 1. The van der Waals surface area contributed by atoms with E-state index in [4.69, 9.17) is 34.5 Å². The van der Waals surface area contributed by atoms with Crippen molar-refractivity contribution in [3.63, 3.8) is 0 Å². The SMILES string of the molecule is NC(=O)CCOCCOCCOCCOCCOCCC(=O)O. The number of carbonyl (C=O) groups is 2. The Hall–Kier alpha value is -1.26. The molecule has 0 bridgehead atoms. The molecule has 0 radical (unpaired) electrons. The van der Waals surface area contributed by atoms with Gasteiger partial charge in [0.15, 0.2) is 0 Å². The van der Waals surface area contributed by atoms with Crippen molar-refractivity contribution in [3.05, 3.63) is 0 Å². The number of primary amides is 1. The van der Waals surface area contributed by atoms with E-state index in [0.717, 1.165) is 0 Å². The first-order valence-electron chi connectivity index (χ1n) is 7.51. The van der Waals surface area contributed by atoms with Crippen molar-refractivity contribution in [2.45, 2.75) is 12.8 Å². The lowest BCUT2D eigenvalue weighted by atomic mass is 10.4. The molecule has 0 aromatic carbocycles. The van der Waals surface area contributed by atoms with Crippen LogP contribution in [0.2, 0.25) is 0 Å². The van der Waals surface area contributed by atoms with Crippen molar-refractivity contribution in [1.82, 2.24) is 0 Å². The second-order valence-electron chi connectivity index (χ2n) is 4.42. The van der Waals surface area contributed by atoms with Gasteiger partial charge in [-0.2, -0.15) is 0 Å². The van der Waals surface area contributed by atoms with Gasteiger partial charge in [0.25, 0.3) is 0 Å². The van der Waals surface area contributed by atoms with Gasteiger partial charge in [-0.25, -0.2) is 0 Å². The zero-order valence-electron chi connectivity index (χ0n) is 13.4. The van der Waals surface area contributed by atoms with Crippen LogP contribution in [0, 0.1) is 0 Å². The van der Waals surface area contributed by atoms with Gasteiger partial charge in [0, 0.05) is 6.42 Å². The number of carboxylic acid groups (broad SMARTS) is 1. The van der Waals surface area contributed by atoms with Gasteiger partial charge in [-0.3, -0.25) is 9.59 Å². The Morgan fingerprint density at radius 1 is 0.609 bits per heavy atom. The summed E-state index contributed by atoms with van der Waals surface area (Å²) in [6.07, 6.45) is 0.215. The summed E-state index contributed by atoms with van der Waals surface area (Å²) in [5.41, 5.74) is 4.96. The molecule has 1 amide bonds. The topological polar surface area (TPSA) is 127 Å². The van der Waals surface area contributed by atoms with E-state index in [0.29, 0.717) is 59.5 Å². The lowest BCUT2D eigenvalue weighted by molar-refractivity contribution is -0.138. The summed E-state index contributed by atoms with van der Waals surface area (Å²) in [4.78, 5) is 20.6. The smallest absolute Gasteiger partial charge is 0.305 e. The van der Waals surface area contributed by atoms with Crippen LogP contribution < -0.4 is 5.73 Å². The maximum absolute atomic E-state index is 10.4. The van der Waals surface area contributed by atoms with Gasteiger partial charge >= 0.3 is 5.97 Å².